The van der Waals surface area contributed by atoms with Gasteiger partial charge in [-0.3, -0.25) is 0 Å². The molecule has 0 amide bonds. The number of allylic oxidation sites excluding steroid dienone is 1. The third-order valence-electron chi connectivity index (χ3n) is 4.03. The van der Waals surface area contributed by atoms with E-state index in [0.717, 1.165) is 6.42 Å². The number of rotatable bonds is 4. The minimum atomic E-state index is 0.548. The highest BCUT2D eigenvalue weighted by atomic mass is 15.0. The van der Waals surface area contributed by atoms with Gasteiger partial charge in [-0.05, 0) is 42.2 Å². The van der Waals surface area contributed by atoms with E-state index in [0.29, 0.717) is 5.92 Å². The lowest BCUT2D eigenvalue weighted by molar-refractivity contribution is 0.835. The van der Waals surface area contributed by atoms with Crippen LogP contribution in [0.4, 0.5) is 0 Å². The van der Waals surface area contributed by atoms with Gasteiger partial charge in [0.2, 0.25) is 0 Å². The molecule has 112 valence electrons. The molecule has 0 aliphatic heterocycles. The molecule has 0 unspecified atom stereocenters. The van der Waals surface area contributed by atoms with E-state index in [9.17, 15) is 0 Å². The van der Waals surface area contributed by atoms with E-state index in [-0.39, 0.29) is 0 Å². The Morgan fingerprint density at radius 2 is 1.64 bits per heavy atom. The van der Waals surface area contributed by atoms with Gasteiger partial charge in [0, 0.05) is 16.8 Å². The van der Waals surface area contributed by atoms with Crippen LogP contribution in [0.3, 0.4) is 0 Å². The Bertz CT molecular complexity index is 791. The molecule has 0 aliphatic carbocycles. The fourth-order valence-corrected chi connectivity index (χ4v) is 3.01. The van der Waals surface area contributed by atoms with Crippen LogP contribution in [-0.4, -0.2) is 4.57 Å². The summed E-state index contributed by atoms with van der Waals surface area (Å²) in [5.74, 6) is 0.548. The number of fused-ring (bicyclic) bond motifs is 1. The molecule has 1 heteroatoms. The van der Waals surface area contributed by atoms with Gasteiger partial charge in [0.1, 0.15) is 0 Å². The summed E-state index contributed by atoms with van der Waals surface area (Å²) in [6.45, 7) is 6.68. The van der Waals surface area contributed by atoms with Crippen molar-refractivity contribution in [2.45, 2.75) is 27.2 Å². The summed E-state index contributed by atoms with van der Waals surface area (Å²) >= 11 is 0. The molecule has 0 fully saturated rings. The molecule has 0 atom stereocenters. The minimum Gasteiger partial charge on any atom is -0.310 e. The molecule has 1 aromatic heterocycles. The molecule has 0 saturated carbocycles. The van der Waals surface area contributed by atoms with Gasteiger partial charge in [0.25, 0.3) is 0 Å². The van der Waals surface area contributed by atoms with Crippen LogP contribution in [0.2, 0.25) is 0 Å². The first-order valence-corrected chi connectivity index (χ1v) is 8.08. The fraction of sp³-hybridized carbons (Fsp3) is 0.238. The van der Waals surface area contributed by atoms with Crippen molar-refractivity contribution in [1.29, 1.82) is 0 Å². The summed E-state index contributed by atoms with van der Waals surface area (Å²) in [5, 5.41) is 1.36. The predicted molar refractivity (Wildman–Crippen MR) is 96.5 cm³/mol. The van der Waals surface area contributed by atoms with Gasteiger partial charge in [-0.25, -0.2) is 0 Å². The number of para-hydroxylation sites is 2. The average molecular weight is 289 g/mol. The van der Waals surface area contributed by atoms with Gasteiger partial charge < -0.3 is 4.57 Å². The summed E-state index contributed by atoms with van der Waals surface area (Å²) in [6, 6.07) is 19.3. The third-order valence-corrected chi connectivity index (χ3v) is 4.03. The Morgan fingerprint density at radius 1 is 0.955 bits per heavy atom. The topological polar surface area (TPSA) is 4.93 Å². The Labute approximate surface area is 132 Å². The maximum absolute atomic E-state index is 2.38. The maximum Gasteiger partial charge on any atom is 0.0537 e. The molecule has 0 saturated heterocycles. The number of benzene rings is 2. The average Bonchev–Trinajstić information content (AvgIpc) is 2.87. The highest BCUT2D eigenvalue weighted by molar-refractivity contribution is 5.90. The van der Waals surface area contributed by atoms with E-state index in [1.54, 1.807) is 0 Å². The first kappa shape index (κ1) is 14.6. The van der Waals surface area contributed by atoms with E-state index in [1.165, 1.54) is 27.8 Å². The van der Waals surface area contributed by atoms with Crippen LogP contribution in [0.25, 0.3) is 22.7 Å². The summed E-state index contributed by atoms with van der Waals surface area (Å²) in [6.07, 6.45) is 5.61. The van der Waals surface area contributed by atoms with Crippen LogP contribution in [0.5, 0.6) is 0 Å². The van der Waals surface area contributed by atoms with Crippen molar-refractivity contribution in [1.82, 2.24) is 4.57 Å². The summed E-state index contributed by atoms with van der Waals surface area (Å²) < 4.78 is 2.38. The number of hydrogen-bond donors (Lipinski definition) is 0. The molecule has 0 spiro atoms. The first-order valence-electron chi connectivity index (χ1n) is 8.08. The van der Waals surface area contributed by atoms with Gasteiger partial charge in [-0.15, -0.1) is 0 Å². The molecule has 1 nitrogen and oxygen atoms in total. The Kier molecular flexibility index (Phi) is 4.15. The number of aryl methyl sites for hydroxylation is 1. The summed E-state index contributed by atoms with van der Waals surface area (Å²) in [5.41, 5.74) is 5.25. The second-order valence-electron chi connectivity index (χ2n) is 6.01. The molecule has 22 heavy (non-hydrogen) atoms. The zero-order chi connectivity index (χ0) is 15.5. The van der Waals surface area contributed by atoms with Crippen LogP contribution < -0.4 is 0 Å². The van der Waals surface area contributed by atoms with Crippen LogP contribution >= 0.6 is 0 Å². The van der Waals surface area contributed by atoms with Gasteiger partial charge in [-0.2, -0.15) is 0 Å². The van der Waals surface area contributed by atoms with Crippen molar-refractivity contribution in [3.05, 3.63) is 71.9 Å². The second-order valence-corrected chi connectivity index (χ2v) is 6.01. The number of nitrogens with zero attached hydrogens (tertiary/aromatic N) is 1. The molecule has 0 N–H and O–H groups in total. The van der Waals surface area contributed by atoms with E-state index in [4.69, 9.17) is 0 Å². The molecule has 0 aliphatic rings. The van der Waals surface area contributed by atoms with Gasteiger partial charge in [-0.1, -0.05) is 63.2 Å². The SMILES string of the molecule is CCc1c(/C=C\C(C)C)n(-c2ccccc2)c2ccccc12. The second kappa shape index (κ2) is 6.23. The van der Waals surface area contributed by atoms with Gasteiger partial charge >= 0.3 is 0 Å². The summed E-state index contributed by atoms with van der Waals surface area (Å²) in [7, 11) is 0. The molecular weight excluding hydrogens is 266 g/mol. The van der Waals surface area contributed by atoms with Crippen molar-refractivity contribution in [2.24, 2.45) is 5.92 Å². The Hall–Kier alpha value is -2.28. The smallest absolute Gasteiger partial charge is 0.0537 e. The van der Waals surface area contributed by atoms with Crippen LogP contribution in [0, 0.1) is 5.92 Å². The highest BCUT2D eigenvalue weighted by Gasteiger charge is 2.14. The third kappa shape index (κ3) is 2.59. The molecule has 3 rings (SSSR count). The standard InChI is InChI=1S/C21H23N/c1-4-18-19-12-8-9-13-20(19)22(17-10-6-5-7-11-17)21(18)15-14-16(2)3/h5-16H,4H2,1-3H3/b15-14-. The van der Waals surface area contributed by atoms with E-state index in [2.05, 4.69) is 92.1 Å². The molecule has 1 heterocycles. The quantitative estimate of drug-likeness (QED) is 0.566. The number of hydrogen-bond acceptors (Lipinski definition) is 0. The molecule has 0 radical (unpaired) electrons. The van der Waals surface area contributed by atoms with E-state index < -0.39 is 0 Å². The largest absolute Gasteiger partial charge is 0.310 e. The van der Waals surface area contributed by atoms with Crippen LogP contribution in [0.15, 0.2) is 60.7 Å². The van der Waals surface area contributed by atoms with Crippen molar-refractivity contribution >= 4 is 17.0 Å². The zero-order valence-corrected chi connectivity index (χ0v) is 13.6. The maximum atomic E-state index is 2.38. The number of aromatic nitrogens is 1. The first-order chi connectivity index (χ1) is 10.7. The zero-order valence-electron chi connectivity index (χ0n) is 13.6. The highest BCUT2D eigenvalue weighted by Crippen LogP contribution is 2.31. The normalized spacial score (nSPS) is 11.8. The lowest BCUT2D eigenvalue weighted by Gasteiger charge is -2.09. The van der Waals surface area contributed by atoms with Crippen molar-refractivity contribution in [2.75, 3.05) is 0 Å². The predicted octanol–water partition coefficient (Wildman–Crippen LogP) is 5.86. The summed E-state index contributed by atoms with van der Waals surface area (Å²) in [4.78, 5) is 0. The minimum absolute atomic E-state index is 0.548. The monoisotopic (exact) mass is 289 g/mol. The fourth-order valence-electron chi connectivity index (χ4n) is 3.01. The van der Waals surface area contributed by atoms with E-state index >= 15 is 0 Å². The molecule has 3 aromatic rings. The van der Waals surface area contributed by atoms with Gasteiger partial charge in [0.05, 0.1) is 5.52 Å². The van der Waals surface area contributed by atoms with Gasteiger partial charge in [0.15, 0.2) is 0 Å². The Balaban J connectivity index is 2.34. The van der Waals surface area contributed by atoms with Crippen LogP contribution in [-0.2, 0) is 6.42 Å². The molecular formula is C21H23N. The van der Waals surface area contributed by atoms with Crippen molar-refractivity contribution in [3.8, 4) is 5.69 Å². The lowest BCUT2D eigenvalue weighted by atomic mass is 10.1. The van der Waals surface area contributed by atoms with Crippen molar-refractivity contribution < 1.29 is 0 Å². The van der Waals surface area contributed by atoms with Crippen LogP contribution in [0.1, 0.15) is 32.0 Å². The molecule has 2 aromatic carbocycles. The lowest BCUT2D eigenvalue weighted by Crippen LogP contribution is -1.97. The molecule has 0 bridgehead atoms. The van der Waals surface area contributed by atoms with Crippen molar-refractivity contribution in [3.63, 3.8) is 0 Å². The Morgan fingerprint density at radius 3 is 2.32 bits per heavy atom. The van der Waals surface area contributed by atoms with E-state index in [1.807, 2.05) is 0 Å².